The summed E-state index contributed by atoms with van der Waals surface area (Å²) < 4.78 is 32.0. The van der Waals surface area contributed by atoms with Crippen molar-refractivity contribution in [1.29, 1.82) is 0 Å². The molecule has 0 saturated carbocycles. The molecular weight excluding hydrogens is 304 g/mol. The molecule has 0 aliphatic carbocycles. The number of rotatable bonds is 2. The van der Waals surface area contributed by atoms with E-state index in [1.54, 1.807) is 13.0 Å². The second kappa shape index (κ2) is 4.94. The lowest BCUT2D eigenvalue weighted by Crippen LogP contribution is -1.94. The van der Waals surface area contributed by atoms with E-state index in [-0.39, 0.29) is 16.0 Å². The van der Waals surface area contributed by atoms with Gasteiger partial charge in [-0.15, -0.1) is 0 Å². The maximum Gasteiger partial charge on any atom is 0.151 e. The molecule has 2 aromatic rings. The lowest BCUT2D eigenvalue weighted by Gasteiger charge is -2.10. The number of benzene rings is 2. The van der Waals surface area contributed by atoms with E-state index in [4.69, 9.17) is 10.5 Å². The van der Waals surface area contributed by atoms with Crippen molar-refractivity contribution in [2.45, 2.75) is 6.92 Å². The van der Waals surface area contributed by atoms with Crippen LogP contribution < -0.4 is 10.5 Å². The summed E-state index contributed by atoms with van der Waals surface area (Å²) in [6, 6.07) is 6.93. The molecule has 0 amide bonds. The summed E-state index contributed by atoms with van der Waals surface area (Å²) in [5.74, 6) is -0.0147. The van der Waals surface area contributed by atoms with Crippen molar-refractivity contribution in [1.82, 2.24) is 0 Å². The number of aryl methyl sites for hydroxylation is 1. The summed E-state index contributed by atoms with van der Waals surface area (Å²) in [5.41, 5.74) is 6.29. The van der Waals surface area contributed by atoms with Crippen LogP contribution in [0.5, 0.6) is 11.5 Å². The molecular formula is C13H10BrF2NO. The molecule has 94 valence electrons. The summed E-state index contributed by atoms with van der Waals surface area (Å²) in [4.78, 5) is 0. The number of anilines is 1. The van der Waals surface area contributed by atoms with Gasteiger partial charge in [0.25, 0.3) is 0 Å². The van der Waals surface area contributed by atoms with E-state index in [9.17, 15) is 8.78 Å². The topological polar surface area (TPSA) is 35.2 Å². The Kier molecular flexibility index (Phi) is 3.52. The first-order valence-corrected chi connectivity index (χ1v) is 5.95. The molecule has 2 nitrogen and oxygen atoms in total. The number of hydrogen-bond acceptors (Lipinski definition) is 2. The monoisotopic (exact) mass is 313 g/mol. The Morgan fingerprint density at radius 3 is 2.50 bits per heavy atom. The summed E-state index contributed by atoms with van der Waals surface area (Å²) >= 11 is 3.05. The summed E-state index contributed by atoms with van der Waals surface area (Å²) in [6.45, 7) is 1.63. The fraction of sp³-hybridized carbons (Fsp3) is 0.0769. The Bertz CT molecular complexity index is 602. The van der Waals surface area contributed by atoms with Gasteiger partial charge in [-0.3, -0.25) is 0 Å². The van der Waals surface area contributed by atoms with Crippen LogP contribution in [0.2, 0.25) is 0 Å². The predicted molar refractivity (Wildman–Crippen MR) is 69.7 cm³/mol. The van der Waals surface area contributed by atoms with Crippen molar-refractivity contribution in [3.05, 3.63) is 52.0 Å². The van der Waals surface area contributed by atoms with Crippen LogP contribution in [-0.4, -0.2) is 0 Å². The molecule has 0 aliphatic rings. The van der Waals surface area contributed by atoms with Gasteiger partial charge in [0.05, 0.1) is 10.2 Å². The van der Waals surface area contributed by atoms with E-state index < -0.39 is 5.82 Å². The molecule has 5 heteroatoms. The highest BCUT2D eigenvalue weighted by atomic mass is 79.9. The van der Waals surface area contributed by atoms with E-state index in [1.807, 2.05) is 0 Å². The van der Waals surface area contributed by atoms with E-state index in [2.05, 4.69) is 15.9 Å². The molecule has 0 saturated heterocycles. The van der Waals surface area contributed by atoms with Gasteiger partial charge >= 0.3 is 0 Å². The summed E-state index contributed by atoms with van der Waals surface area (Å²) in [5, 5.41) is 0. The largest absolute Gasteiger partial charge is 0.455 e. The molecule has 0 aromatic heterocycles. The zero-order valence-electron chi connectivity index (χ0n) is 9.51. The standard InChI is InChI=1S/C13H10BrF2NO/c1-7-4-8(2-3-10(7)15)18-13-5-9(14)11(16)6-12(13)17/h2-6H,17H2,1H3. The van der Waals surface area contributed by atoms with Crippen LogP contribution in [-0.2, 0) is 0 Å². The van der Waals surface area contributed by atoms with E-state index in [0.29, 0.717) is 17.1 Å². The highest BCUT2D eigenvalue weighted by Crippen LogP contribution is 2.32. The Hall–Kier alpha value is -1.62. The Labute approximate surface area is 112 Å². The second-order valence-electron chi connectivity index (χ2n) is 3.82. The molecule has 0 atom stereocenters. The number of ether oxygens (including phenoxy) is 1. The van der Waals surface area contributed by atoms with Crippen molar-refractivity contribution in [2.75, 3.05) is 5.73 Å². The van der Waals surface area contributed by atoms with Crippen LogP contribution in [0, 0.1) is 18.6 Å². The molecule has 2 rings (SSSR count). The minimum atomic E-state index is -0.463. The Morgan fingerprint density at radius 1 is 1.11 bits per heavy atom. The Morgan fingerprint density at radius 2 is 1.83 bits per heavy atom. The summed E-state index contributed by atoms with van der Waals surface area (Å²) in [6.07, 6.45) is 0. The van der Waals surface area contributed by atoms with Gasteiger partial charge in [0, 0.05) is 12.1 Å². The number of halogens is 3. The third kappa shape index (κ3) is 2.61. The minimum Gasteiger partial charge on any atom is -0.455 e. The van der Waals surface area contributed by atoms with Crippen LogP contribution >= 0.6 is 15.9 Å². The van der Waals surface area contributed by atoms with Crippen molar-refractivity contribution in [3.8, 4) is 11.5 Å². The van der Waals surface area contributed by atoms with Crippen LogP contribution in [0.25, 0.3) is 0 Å². The third-order valence-corrected chi connectivity index (χ3v) is 3.02. The van der Waals surface area contributed by atoms with Crippen LogP contribution in [0.15, 0.2) is 34.8 Å². The molecule has 0 radical (unpaired) electrons. The Balaban J connectivity index is 2.34. The number of nitrogen functional groups attached to an aromatic ring is 1. The fourth-order valence-electron chi connectivity index (χ4n) is 1.44. The number of hydrogen-bond donors (Lipinski definition) is 1. The molecule has 0 spiro atoms. The van der Waals surface area contributed by atoms with Gasteiger partial charge in [-0.1, -0.05) is 0 Å². The van der Waals surface area contributed by atoms with E-state index in [0.717, 1.165) is 6.07 Å². The molecule has 18 heavy (non-hydrogen) atoms. The molecule has 0 aliphatic heterocycles. The van der Waals surface area contributed by atoms with Gasteiger partial charge in [0.15, 0.2) is 5.75 Å². The second-order valence-corrected chi connectivity index (χ2v) is 4.67. The van der Waals surface area contributed by atoms with Gasteiger partial charge in [-0.25, -0.2) is 8.78 Å². The van der Waals surface area contributed by atoms with Gasteiger partial charge in [0.2, 0.25) is 0 Å². The van der Waals surface area contributed by atoms with Gasteiger partial charge in [0.1, 0.15) is 17.4 Å². The zero-order chi connectivity index (χ0) is 13.3. The first-order chi connectivity index (χ1) is 8.47. The lowest BCUT2D eigenvalue weighted by molar-refractivity contribution is 0.479. The van der Waals surface area contributed by atoms with Gasteiger partial charge in [-0.05, 0) is 46.6 Å². The first kappa shape index (κ1) is 12.8. The molecule has 0 unspecified atom stereocenters. The van der Waals surface area contributed by atoms with E-state index in [1.165, 1.54) is 18.2 Å². The molecule has 0 bridgehead atoms. The average molecular weight is 314 g/mol. The smallest absolute Gasteiger partial charge is 0.151 e. The van der Waals surface area contributed by atoms with Crippen LogP contribution in [0.3, 0.4) is 0 Å². The summed E-state index contributed by atoms with van der Waals surface area (Å²) in [7, 11) is 0. The van der Waals surface area contributed by atoms with Gasteiger partial charge < -0.3 is 10.5 Å². The van der Waals surface area contributed by atoms with Crippen LogP contribution in [0.4, 0.5) is 14.5 Å². The van der Waals surface area contributed by atoms with Crippen molar-refractivity contribution in [2.24, 2.45) is 0 Å². The lowest BCUT2D eigenvalue weighted by atomic mass is 10.2. The normalized spacial score (nSPS) is 10.4. The predicted octanol–water partition coefficient (Wildman–Crippen LogP) is 4.41. The fourth-order valence-corrected chi connectivity index (χ4v) is 1.76. The first-order valence-electron chi connectivity index (χ1n) is 5.16. The quantitative estimate of drug-likeness (QED) is 0.833. The maximum atomic E-state index is 13.2. The number of nitrogens with two attached hydrogens (primary N) is 1. The average Bonchev–Trinajstić information content (AvgIpc) is 2.31. The van der Waals surface area contributed by atoms with Crippen LogP contribution in [0.1, 0.15) is 5.56 Å². The molecule has 2 aromatic carbocycles. The van der Waals surface area contributed by atoms with Crippen molar-refractivity contribution in [3.63, 3.8) is 0 Å². The van der Waals surface area contributed by atoms with E-state index >= 15 is 0 Å². The molecule has 0 heterocycles. The van der Waals surface area contributed by atoms with Crippen molar-refractivity contribution < 1.29 is 13.5 Å². The molecule has 0 fully saturated rings. The third-order valence-electron chi connectivity index (χ3n) is 2.41. The zero-order valence-corrected chi connectivity index (χ0v) is 11.1. The van der Waals surface area contributed by atoms with Gasteiger partial charge in [-0.2, -0.15) is 0 Å². The minimum absolute atomic E-state index is 0.178. The molecule has 2 N–H and O–H groups in total. The maximum absolute atomic E-state index is 13.2. The highest BCUT2D eigenvalue weighted by Gasteiger charge is 2.09. The van der Waals surface area contributed by atoms with Crippen molar-refractivity contribution >= 4 is 21.6 Å². The SMILES string of the molecule is Cc1cc(Oc2cc(Br)c(F)cc2N)ccc1F. The highest BCUT2D eigenvalue weighted by molar-refractivity contribution is 9.10.